The molecule has 20 heavy (non-hydrogen) atoms. The smallest absolute Gasteiger partial charge is 0.124 e. The number of hydrogen-bond acceptors (Lipinski definition) is 3. The van der Waals surface area contributed by atoms with Crippen molar-refractivity contribution < 1.29 is 5.11 Å². The van der Waals surface area contributed by atoms with E-state index in [1.54, 1.807) is 10.9 Å². The Balaban J connectivity index is 2.05. The summed E-state index contributed by atoms with van der Waals surface area (Å²) in [6.07, 6.45) is 2.82. The molecule has 4 nitrogen and oxygen atoms in total. The first-order valence-electron chi connectivity index (χ1n) is 6.75. The molecule has 0 saturated heterocycles. The highest BCUT2D eigenvalue weighted by molar-refractivity contribution is 5.82. The molecule has 2 aromatic heterocycles. The highest BCUT2D eigenvalue weighted by atomic mass is 16.3. The summed E-state index contributed by atoms with van der Waals surface area (Å²) in [7, 11) is 0. The van der Waals surface area contributed by atoms with Crippen molar-refractivity contribution in [2.45, 2.75) is 26.5 Å². The fraction of sp³-hybridized carbons (Fsp3) is 0.250. The van der Waals surface area contributed by atoms with Gasteiger partial charge in [0.05, 0.1) is 17.4 Å². The third kappa shape index (κ3) is 2.18. The zero-order chi connectivity index (χ0) is 14.1. The Morgan fingerprint density at radius 1 is 1.30 bits per heavy atom. The van der Waals surface area contributed by atoms with Crippen LogP contribution in [-0.4, -0.2) is 19.9 Å². The quantitative estimate of drug-likeness (QED) is 0.794. The van der Waals surface area contributed by atoms with Gasteiger partial charge in [-0.3, -0.25) is 4.68 Å². The lowest BCUT2D eigenvalue weighted by molar-refractivity contribution is 0.215. The molecule has 0 aliphatic rings. The molecule has 0 bridgehead atoms. The van der Waals surface area contributed by atoms with Gasteiger partial charge in [0.15, 0.2) is 0 Å². The fourth-order valence-corrected chi connectivity index (χ4v) is 2.38. The molecule has 1 N–H and O–H groups in total. The maximum Gasteiger partial charge on any atom is 0.124 e. The summed E-state index contributed by atoms with van der Waals surface area (Å²) in [5.41, 5.74) is 3.46. The van der Waals surface area contributed by atoms with E-state index in [-0.39, 0.29) is 0 Å². The number of benzene rings is 1. The van der Waals surface area contributed by atoms with Crippen LogP contribution in [0.25, 0.3) is 10.9 Å². The SMILES string of the molecule is CCn1cc(C(O)c2cc(C)c3ccccc3n2)cn1. The number of nitrogens with zero attached hydrogens (tertiary/aromatic N) is 3. The Morgan fingerprint density at radius 3 is 2.85 bits per heavy atom. The predicted octanol–water partition coefficient (Wildman–Crippen LogP) is 2.84. The molecule has 0 spiro atoms. The predicted molar refractivity (Wildman–Crippen MR) is 78.4 cm³/mol. The van der Waals surface area contributed by atoms with E-state index in [9.17, 15) is 5.11 Å². The number of pyridine rings is 1. The molecule has 3 aromatic rings. The summed E-state index contributed by atoms with van der Waals surface area (Å²) >= 11 is 0. The maximum atomic E-state index is 10.5. The minimum absolute atomic E-state index is 0.664. The van der Waals surface area contributed by atoms with Gasteiger partial charge in [0.25, 0.3) is 0 Å². The van der Waals surface area contributed by atoms with Gasteiger partial charge in [-0.05, 0) is 31.5 Å². The molecular formula is C16H17N3O. The van der Waals surface area contributed by atoms with Crippen molar-refractivity contribution in [1.29, 1.82) is 0 Å². The van der Waals surface area contributed by atoms with Crippen LogP contribution in [-0.2, 0) is 6.54 Å². The Kier molecular flexibility index (Phi) is 3.24. The van der Waals surface area contributed by atoms with Gasteiger partial charge in [-0.15, -0.1) is 0 Å². The second-order valence-electron chi connectivity index (χ2n) is 4.91. The minimum Gasteiger partial charge on any atom is -0.382 e. The molecule has 2 heterocycles. The number of aliphatic hydroxyl groups is 1. The average Bonchev–Trinajstić information content (AvgIpc) is 2.95. The van der Waals surface area contributed by atoms with Crippen LogP contribution in [0.4, 0.5) is 0 Å². The molecule has 1 aromatic carbocycles. The van der Waals surface area contributed by atoms with Crippen LogP contribution >= 0.6 is 0 Å². The van der Waals surface area contributed by atoms with Crippen molar-refractivity contribution in [3.05, 3.63) is 59.5 Å². The van der Waals surface area contributed by atoms with Crippen LogP contribution in [0.5, 0.6) is 0 Å². The Morgan fingerprint density at radius 2 is 2.10 bits per heavy atom. The molecule has 0 aliphatic heterocycles. The van der Waals surface area contributed by atoms with Gasteiger partial charge in [-0.2, -0.15) is 5.10 Å². The van der Waals surface area contributed by atoms with E-state index in [0.29, 0.717) is 5.69 Å². The fourth-order valence-electron chi connectivity index (χ4n) is 2.38. The van der Waals surface area contributed by atoms with E-state index in [1.165, 1.54) is 0 Å². The van der Waals surface area contributed by atoms with Crippen LogP contribution in [0.1, 0.15) is 29.8 Å². The number of aliphatic hydroxyl groups excluding tert-OH is 1. The van der Waals surface area contributed by atoms with E-state index in [2.05, 4.69) is 10.1 Å². The first-order valence-corrected chi connectivity index (χ1v) is 6.75. The molecule has 3 rings (SSSR count). The van der Waals surface area contributed by atoms with Crippen molar-refractivity contribution in [3.63, 3.8) is 0 Å². The van der Waals surface area contributed by atoms with Crippen LogP contribution in [0.3, 0.4) is 0 Å². The normalized spacial score (nSPS) is 12.8. The van der Waals surface area contributed by atoms with E-state index in [0.717, 1.165) is 28.6 Å². The molecule has 1 unspecified atom stereocenters. The van der Waals surface area contributed by atoms with Gasteiger partial charge >= 0.3 is 0 Å². The first-order chi connectivity index (χ1) is 9.69. The lowest BCUT2D eigenvalue weighted by atomic mass is 10.0. The Hall–Kier alpha value is -2.20. The monoisotopic (exact) mass is 267 g/mol. The lowest BCUT2D eigenvalue weighted by Crippen LogP contribution is -2.03. The van der Waals surface area contributed by atoms with E-state index >= 15 is 0 Å². The lowest BCUT2D eigenvalue weighted by Gasteiger charge is -2.11. The standard InChI is InChI=1S/C16H17N3O/c1-3-19-10-12(9-17-19)16(20)15-8-11(2)13-6-4-5-7-14(13)18-15/h4-10,16,20H,3H2,1-2H3. The van der Waals surface area contributed by atoms with E-state index in [1.807, 2.05) is 50.4 Å². The van der Waals surface area contributed by atoms with Crippen LogP contribution < -0.4 is 0 Å². The third-order valence-corrected chi connectivity index (χ3v) is 3.52. The average molecular weight is 267 g/mol. The molecule has 0 saturated carbocycles. The van der Waals surface area contributed by atoms with Crippen molar-refractivity contribution in [1.82, 2.24) is 14.8 Å². The van der Waals surface area contributed by atoms with Gasteiger partial charge in [0.1, 0.15) is 6.10 Å². The molecule has 0 amide bonds. The van der Waals surface area contributed by atoms with Crippen LogP contribution in [0, 0.1) is 6.92 Å². The summed E-state index contributed by atoms with van der Waals surface area (Å²) < 4.78 is 1.80. The van der Waals surface area contributed by atoms with Crippen molar-refractivity contribution in [2.24, 2.45) is 0 Å². The van der Waals surface area contributed by atoms with Gasteiger partial charge in [-0.1, -0.05) is 18.2 Å². The Labute approximate surface area is 117 Å². The second-order valence-corrected chi connectivity index (χ2v) is 4.91. The number of aryl methyl sites for hydroxylation is 2. The zero-order valence-corrected chi connectivity index (χ0v) is 11.6. The van der Waals surface area contributed by atoms with Crippen LogP contribution in [0.2, 0.25) is 0 Å². The van der Waals surface area contributed by atoms with Crippen molar-refractivity contribution in [2.75, 3.05) is 0 Å². The minimum atomic E-state index is -0.737. The number of hydrogen-bond donors (Lipinski definition) is 1. The van der Waals surface area contributed by atoms with E-state index < -0.39 is 6.10 Å². The number of fused-ring (bicyclic) bond motifs is 1. The Bertz CT molecular complexity index is 748. The molecule has 4 heteroatoms. The van der Waals surface area contributed by atoms with Gasteiger partial charge < -0.3 is 5.11 Å². The molecule has 1 atom stereocenters. The largest absolute Gasteiger partial charge is 0.382 e. The summed E-state index contributed by atoms with van der Waals surface area (Å²) in [5.74, 6) is 0. The molecule has 102 valence electrons. The third-order valence-electron chi connectivity index (χ3n) is 3.52. The number of rotatable bonds is 3. The highest BCUT2D eigenvalue weighted by Gasteiger charge is 2.15. The van der Waals surface area contributed by atoms with Gasteiger partial charge in [-0.25, -0.2) is 4.98 Å². The van der Waals surface area contributed by atoms with E-state index in [4.69, 9.17) is 0 Å². The first kappa shape index (κ1) is 12.8. The molecule has 0 fully saturated rings. The molecule has 0 aliphatic carbocycles. The van der Waals surface area contributed by atoms with Crippen molar-refractivity contribution >= 4 is 10.9 Å². The van der Waals surface area contributed by atoms with Gasteiger partial charge in [0.2, 0.25) is 0 Å². The van der Waals surface area contributed by atoms with Crippen molar-refractivity contribution in [3.8, 4) is 0 Å². The number of aromatic nitrogens is 3. The number of para-hydroxylation sites is 1. The maximum absolute atomic E-state index is 10.5. The summed E-state index contributed by atoms with van der Waals surface area (Å²) in [5, 5.41) is 15.8. The molecule has 0 radical (unpaired) electrons. The summed E-state index contributed by atoms with van der Waals surface area (Å²) in [6, 6.07) is 9.91. The van der Waals surface area contributed by atoms with Gasteiger partial charge in [0, 0.05) is 23.7 Å². The topological polar surface area (TPSA) is 50.9 Å². The molecular weight excluding hydrogens is 250 g/mol. The van der Waals surface area contributed by atoms with Crippen LogP contribution in [0.15, 0.2) is 42.7 Å². The highest BCUT2D eigenvalue weighted by Crippen LogP contribution is 2.24. The summed E-state index contributed by atoms with van der Waals surface area (Å²) in [6.45, 7) is 4.84. The second kappa shape index (κ2) is 5.06. The zero-order valence-electron chi connectivity index (χ0n) is 11.6. The summed E-state index contributed by atoms with van der Waals surface area (Å²) in [4.78, 5) is 4.56.